The van der Waals surface area contributed by atoms with Gasteiger partial charge in [0.2, 0.25) is 0 Å². The maximum Gasteiger partial charge on any atom is 0.191 e. The number of unbranched alkanes of at least 4 members (excludes halogenated alkanes) is 1. The monoisotopic (exact) mass is 381 g/mol. The van der Waals surface area contributed by atoms with Gasteiger partial charge in [0.25, 0.3) is 0 Å². The molecule has 24 heavy (non-hydrogen) atoms. The van der Waals surface area contributed by atoms with Crippen molar-refractivity contribution < 1.29 is 0 Å². The lowest BCUT2D eigenvalue weighted by Crippen LogP contribution is -2.03. The number of halogens is 2. The van der Waals surface area contributed by atoms with Crippen LogP contribution < -0.4 is 5.73 Å². The zero-order valence-corrected chi connectivity index (χ0v) is 15.5. The lowest BCUT2D eigenvalue weighted by Gasteiger charge is -2.08. The van der Waals surface area contributed by atoms with Crippen LogP contribution in [0.2, 0.25) is 10.0 Å². The summed E-state index contributed by atoms with van der Waals surface area (Å²) in [5.41, 5.74) is 8.25. The number of nitrogen functional groups attached to an aromatic ring is 1. The predicted molar refractivity (Wildman–Crippen MR) is 101 cm³/mol. The van der Waals surface area contributed by atoms with E-state index >= 15 is 0 Å². The van der Waals surface area contributed by atoms with E-state index in [9.17, 15) is 0 Å². The molecule has 2 N–H and O–H groups in total. The molecule has 2 heterocycles. The fourth-order valence-corrected chi connectivity index (χ4v) is 3.60. The molecule has 5 nitrogen and oxygen atoms in total. The molecule has 126 valence electrons. The second kappa shape index (κ2) is 7.59. The minimum Gasteiger partial charge on any atom is -0.382 e. The Hall–Kier alpha value is -1.50. The summed E-state index contributed by atoms with van der Waals surface area (Å²) in [7, 11) is 0. The van der Waals surface area contributed by atoms with Gasteiger partial charge in [-0.1, -0.05) is 60.4 Å². The van der Waals surface area contributed by atoms with Gasteiger partial charge in [0.15, 0.2) is 16.6 Å². The molecule has 0 saturated carbocycles. The van der Waals surface area contributed by atoms with Gasteiger partial charge in [0.05, 0.1) is 22.9 Å². The number of hydrogen-bond acceptors (Lipinski definition) is 5. The van der Waals surface area contributed by atoms with E-state index in [0.717, 1.165) is 24.2 Å². The summed E-state index contributed by atoms with van der Waals surface area (Å²) in [6, 6.07) is 5.57. The second-order valence-electron chi connectivity index (χ2n) is 5.35. The first-order chi connectivity index (χ1) is 11.6. The van der Waals surface area contributed by atoms with Crippen molar-refractivity contribution in [2.24, 2.45) is 0 Å². The van der Waals surface area contributed by atoms with E-state index in [-0.39, 0.29) is 0 Å². The summed E-state index contributed by atoms with van der Waals surface area (Å²) in [6.45, 7) is 2.67. The van der Waals surface area contributed by atoms with E-state index < -0.39 is 0 Å². The summed E-state index contributed by atoms with van der Waals surface area (Å²) in [4.78, 5) is 13.3. The minimum atomic E-state index is 0.398. The number of imidazole rings is 1. The Morgan fingerprint density at radius 2 is 2.08 bits per heavy atom. The molecule has 8 heteroatoms. The Bertz CT molecular complexity index is 865. The van der Waals surface area contributed by atoms with Gasteiger partial charge in [-0.2, -0.15) is 0 Å². The van der Waals surface area contributed by atoms with Crippen molar-refractivity contribution in [3.63, 3.8) is 0 Å². The molecular formula is C16H17Cl2N5S. The van der Waals surface area contributed by atoms with Gasteiger partial charge in [-0.15, -0.1) is 0 Å². The molecule has 1 aromatic carbocycles. The van der Waals surface area contributed by atoms with Gasteiger partial charge in [0, 0.05) is 5.75 Å². The topological polar surface area (TPSA) is 69.6 Å². The first kappa shape index (κ1) is 17.3. The number of nitrogens with two attached hydrogens (primary N) is 1. The van der Waals surface area contributed by atoms with E-state index in [2.05, 4.69) is 21.9 Å². The number of fused-ring (bicyclic) bond motifs is 1. The van der Waals surface area contributed by atoms with Crippen LogP contribution in [0.25, 0.3) is 11.2 Å². The van der Waals surface area contributed by atoms with Crippen molar-refractivity contribution in [1.82, 2.24) is 19.5 Å². The van der Waals surface area contributed by atoms with Crippen LogP contribution in [0.4, 0.5) is 5.82 Å². The van der Waals surface area contributed by atoms with Gasteiger partial charge >= 0.3 is 0 Å². The highest BCUT2D eigenvalue weighted by atomic mass is 35.5. The van der Waals surface area contributed by atoms with Crippen molar-refractivity contribution >= 4 is 51.9 Å². The molecule has 0 atom stereocenters. The number of anilines is 1. The molecule has 0 aliphatic rings. The van der Waals surface area contributed by atoms with Crippen LogP contribution in [0.3, 0.4) is 0 Å². The SMILES string of the molecule is CCCCSc1nc(N)c2ncn(Cc3cccc(Cl)c3Cl)c2n1. The highest BCUT2D eigenvalue weighted by Gasteiger charge is 2.13. The van der Waals surface area contributed by atoms with Crippen LogP contribution in [0.5, 0.6) is 0 Å². The van der Waals surface area contributed by atoms with E-state index in [0.29, 0.717) is 38.7 Å². The second-order valence-corrected chi connectivity index (χ2v) is 7.20. The molecule has 0 amide bonds. The summed E-state index contributed by atoms with van der Waals surface area (Å²) >= 11 is 14.0. The normalized spacial score (nSPS) is 11.3. The summed E-state index contributed by atoms with van der Waals surface area (Å²) < 4.78 is 1.91. The first-order valence-electron chi connectivity index (χ1n) is 7.64. The number of nitrogens with zero attached hydrogens (tertiary/aromatic N) is 4. The lowest BCUT2D eigenvalue weighted by molar-refractivity contribution is 0.804. The predicted octanol–water partition coefficient (Wildman–Crippen LogP) is 4.66. The smallest absolute Gasteiger partial charge is 0.191 e. The van der Waals surface area contributed by atoms with Gasteiger partial charge < -0.3 is 10.3 Å². The van der Waals surface area contributed by atoms with E-state index in [1.807, 2.05) is 16.7 Å². The third-order valence-electron chi connectivity index (χ3n) is 3.57. The molecule has 2 aromatic heterocycles. The summed E-state index contributed by atoms with van der Waals surface area (Å²) in [5, 5.41) is 1.75. The fourth-order valence-electron chi connectivity index (χ4n) is 2.29. The molecule has 0 spiro atoms. The molecule has 3 aromatic rings. The van der Waals surface area contributed by atoms with Gasteiger partial charge in [-0.05, 0) is 18.1 Å². The third kappa shape index (κ3) is 3.61. The molecule has 0 bridgehead atoms. The van der Waals surface area contributed by atoms with Crippen molar-refractivity contribution in [1.29, 1.82) is 0 Å². The van der Waals surface area contributed by atoms with Crippen LogP contribution in [-0.4, -0.2) is 25.3 Å². The molecule has 0 saturated heterocycles. The minimum absolute atomic E-state index is 0.398. The number of hydrogen-bond donors (Lipinski definition) is 1. The largest absolute Gasteiger partial charge is 0.382 e. The summed E-state index contributed by atoms with van der Waals surface area (Å²) in [6.07, 6.45) is 3.95. The van der Waals surface area contributed by atoms with Crippen molar-refractivity contribution in [3.8, 4) is 0 Å². The van der Waals surface area contributed by atoms with Crippen LogP contribution in [0.1, 0.15) is 25.3 Å². The number of aromatic nitrogens is 4. The lowest BCUT2D eigenvalue weighted by atomic mass is 10.2. The molecule has 0 aliphatic heterocycles. The van der Waals surface area contributed by atoms with E-state index in [1.165, 1.54) is 0 Å². The molecule has 3 rings (SSSR count). The Morgan fingerprint density at radius 1 is 1.25 bits per heavy atom. The third-order valence-corrected chi connectivity index (χ3v) is 5.36. The summed E-state index contributed by atoms with van der Waals surface area (Å²) in [5.74, 6) is 1.37. The Balaban J connectivity index is 1.94. The van der Waals surface area contributed by atoms with Crippen LogP contribution in [0, 0.1) is 0 Å². The fraction of sp³-hybridized carbons (Fsp3) is 0.312. The Morgan fingerprint density at radius 3 is 2.88 bits per heavy atom. The number of rotatable bonds is 6. The highest BCUT2D eigenvalue weighted by Crippen LogP contribution is 2.28. The van der Waals surface area contributed by atoms with Gasteiger partial charge in [0.1, 0.15) is 5.52 Å². The maximum absolute atomic E-state index is 6.28. The van der Waals surface area contributed by atoms with E-state index in [1.54, 1.807) is 24.2 Å². The van der Waals surface area contributed by atoms with E-state index in [4.69, 9.17) is 28.9 Å². The standard InChI is InChI=1S/C16H17Cl2N5S/c1-2-3-7-24-16-21-14(19)13-15(22-16)23(9-20-13)8-10-5-4-6-11(17)12(10)18/h4-6,9H,2-3,7-8H2,1H3,(H2,19,21,22). The average Bonchev–Trinajstić information content (AvgIpc) is 2.96. The van der Waals surface area contributed by atoms with Crippen molar-refractivity contribution in [3.05, 3.63) is 40.1 Å². The van der Waals surface area contributed by atoms with Gasteiger partial charge in [-0.3, -0.25) is 0 Å². The average molecular weight is 382 g/mol. The highest BCUT2D eigenvalue weighted by molar-refractivity contribution is 7.99. The molecular weight excluding hydrogens is 365 g/mol. The quantitative estimate of drug-likeness (QED) is 0.382. The van der Waals surface area contributed by atoms with Crippen LogP contribution in [-0.2, 0) is 6.54 Å². The molecule has 0 radical (unpaired) electrons. The number of benzene rings is 1. The number of thioether (sulfide) groups is 1. The van der Waals surface area contributed by atoms with Crippen LogP contribution >= 0.6 is 35.0 Å². The zero-order valence-electron chi connectivity index (χ0n) is 13.2. The van der Waals surface area contributed by atoms with Gasteiger partial charge in [-0.25, -0.2) is 15.0 Å². The maximum atomic E-state index is 6.28. The van der Waals surface area contributed by atoms with Crippen LogP contribution in [0.15, 0.2) is 29.7 Å². The molecule has 0 unspecified atom stereocenters. The Kier molecular flexibility index (Phi) is 5.48. The first-order valence-corrected chi connectivity index (χ1v) is 9.38. The van der Waals surface area contributed by atoms with Crippen molar-refractivity contribution in [2.75, 3.05) is 11.5 Å². The van der Waals surface area contributed by atoms with Crippen molar-refractivity contribution in [2.45, 2.75) is 31.5 Å². The molecule has 0 fully saturated rings. The Labute approximate surface area is 154 Å². The molecule has 0 aliphatic carbocycles. The zero-order chi connectivity index (χ0) is 17.1.